The van der Waals surface area contributed by atoms with Crippen LogP contribution in [0, 0.1) is 5.92 Å². The Morgan fingerprint density at radius 3 is 2.24 bits per heavy atom. The zero-order valence-corrected chi connectivity index (χ0v) is 17.4. The van der Waals surface area contributed by atoms with E-state index in [9.17, 15) is 26.4 Å². The fraction of sp³-hybridized carbons (Fsp3) is 0.650. The van der Waals surface area contributed by atoms with Crippen LogP contribution in [0.25, 0.3) is 0 Å². The van der Waals surface area contributed by atoms with Crippen LogP contribution in [-0.4, -0.2) is 42.6 Å². The zero-order valence-electron chi connectivity index (χ0n) is 16.6. The van der Waals surface area contributed by atoms with Crippen LogP contribution in [0.4, 0.5) is 13.2 Å². The number of halogens is 3. The molecule has 2 fully saturated rings. The smallest absolute Gasteiger partial charge is 0.341 e. The molecule has 162 valence electrons. The number of rotatable bonds is 4. The number of piperidine rings is 1. The van der Waals surface area contributed by atoms with Crippen molar-refractivity contribution in [2.45, 2.75) is 67.3 Å². The number of amides is 1. The first-order valence-corrected chi connectivity index (χ1v) is 11.3. The maximum atomic E-state index is 13.2. The normalized spacial score (nSPS) is 21.0. The van der Waals surface area contributed by atoms with Crippen molar-refractivity contribution in [2.24, 2.45) is 11.7 Å². The van der Waals surface area contributed by atoms with Gasteiger partial charge < -0.3 is 10.6 Å². The lowest BCUT2D eigenvalue weighted by Crippen LogP contribution is -2.61. The number of nitrogens with two attached hydrogens (primary N) is 1. The van der Waals surface area contributed by atoms with Gasteiger partial charge in [0.1, 0.15) is 0 Å². The van der Waals surface area contributed by atoms with Gasteiger partial charge in [0.2, 0.25) is 5.91 Å². The van der Waals surface area contributed by atoms with Crippen molar-refractivity contribution in [1.29, 1.82) is 0 Å². The predicted octanol–water partition coefficient (Wildman–Crippen LogP) is 3.38. The van der Waals surface area contributed by atoms with Gasteiger partial charge in [0.15, 0.2) is 9.84 Å². The highest BCUT2D eigenvalue weighted by atomic mass is 32.2. The van der Waals surface area contributed by atoms with Crippen LogP contribution in [0.5, 0.6) is 0 Å². The van der Waals surface area contributed by atoms with Gasteiger partial charge in [0.05, 0.1) is 20.7 Å². The lowest BCUT2D eigenvalue weighted by molar-refractivity contribution is -0.141. The fourth-order valence-corrected chi connectivity index (χ4v) is 6.05. The number of alkyl halides is 3. The summed E-state index contributed by atoms with van der Waals surface area (Å²) in [7, 11) is -4.01. The summed E-state index contributed by atoms with van der Waals surface area (Å²) >= 11 is 0. The number of benzene rings is 1. The molecule has 5 nitrogen and oxygen atoms in total. The molecule has 0 atom stereocenters. The summed E-state index contributed by atoms with van der Waals surface area (Å²) in [5.41, 5.74) is 4.35. The summed E-state index contributed by atoms with van der Waals surface area (Å²) in [5.74, 6) is -0.359. The van der Waals surface area contributed by atoms with E-state index in [1.807, 2.05) is 0 Å². The van der Waals surface area contributed by atoms with Gasteiger partial charge in [-0.3, -0.25) is 4.79 Å². The summed E-state index contributed by atoms with van der Waals surface area (Å²) in [4.78, 5) is 14.0. The van der Waals surface area contributed by atoms with E-state index >= 15 is 0 Å². The van der Waals surface area contributed by atoms with Gasteiger partial charge in [-0.1, -0.05) is 6.07 Å². The fourth-order valence-electron chi connectivity index (χ4n) is 4.23. The molecule has 1 aromatic carbocycles. The Morgan fingerprint density at radius 2 is 1.76 bits per heavy atom. The molecule has 1 saturated heterocycles. The predicted molar refractivity (Wildman–Crippen MR) is 103 cm³/mol. The molecule has 1 heterocycles. The van der Waals surface area contributed by atoms with E-state index < -0.39 is 31.9 Å². The molecule has 29 heavy (non-hydrogen) atoms. The van der Waals surface area contributed by atoms with Crippen molar-refractivity contribution < 1.29 is 26.4 Å². The molecule has 0 spiro atoms. The number of likely N-dealkylation sites (tertiary alicyclic amines) is 1. The standard InChI is InChI=1S/C20H27F3N2O3S/c1-18(2,29(27,28)16-6-3-5-15(13-16)20(21,22)23)14-7-11-25(12-8-14)17(26)19(24)9-4-10-19/h3,5-6,13-14H,4,7-12,24H2,1-2H3. The zero-order chi connectivity index (χ0) is 21.7. The molecule has 1 aliphatic heterocycles. The minimum Gasteiger partial charge on any atom is -0.341 e. The van der Waals surface area contributed by atoms with Crippen LogP contribution >= 0.6 is 0 Å². The number of nitrogens with zero attached hydrogens (tertiary/aromatic N) is 1. The maximum absolute atomic E-state index is 13.2. The Hall–Kier alpha value is -1.61. The molecular weight excluding hydrogens is 405 g/mol. The third-order valence-electron chi connectivity index (χ3n) is 6.60. The summed E-state index contributed by atoms with van der Waals surface area (Å²) in [6, 6.07) is 3.88. The SMILES string of the molecule is CC(C)(C1CCN(C(=O)C2(N)CCC2)CC1)S(=O)(=O)c1cccc(C(F)(F)F)c1. The first-order chi connectivity index (χ1) is 13.3. The maximum Gasteiger partial charge on any atom is 0.416 e. The topological polar surface area (TPSA) is 80.5 Å². The van der Waals surface area contributed by atoms with Crippen molar-refractivity contribution in [2.75, 3.05) is 13.1 Å². The van der Waals surface area contributed by atoms with E-state index in [0.717, 1.165) is 18.6 Å². The highest BCUT2D eigenvalue weighted by molar-refractivity contribution is 7.92. The summed E-state index contributed by atoms with van der Waals surface area (Å²) < 4.78 is 64.2. The third-order valence-corrected chi connectivity index (χ3v) is 9.19. The second-order valence-electron chi connectivity index (χ2n) is 8.71. The molecule has 2 N–H and O–H groups in total. The second-order valence-corrected chi connectivity index (χ2v) is 11.2. The number of sulfone groups is 1. The summed E-state index contributed by atoms with van der Waals surface area (Å²) in [6.07, 6.45) is -1.41. The molecule has 1 aliphatic carbocycles. The molecule has 2 aliphatic rings. The van der Waals surface area contributed by atoms with E-state index in [4.69, 9.17) is 5.73 Å². The van der Waals surface area contributed by atoms with E-state index in [0.29, 0.717) is 44.8 Å². The highest BCUT2D eigenvalue weighted by Gasteiger charge is 2.47. The Morgan fingerprint density at radius 1 is 1.17 bits per heavy atom. The van der Waals surface area contributed by atoms with Crippen LogP contribution in [0.15, 0.2) is 29.2 Å². The van der Waals surface area contributed by atoms with Crippen molar-refractivity contribution in [3.63, 3.8) is 0 Å². The number of carbonyl (C=O) groups excluding carboxylic acids is 1. The van der Waals surface area contributed by atoms with Gasteiger partial charge in [0, 0.05) is 13.1 Å². The van der Waals surface area contributed by atoms with Crippen LogP contribution in [0.3, 0.4) is 0 Å². The largest absolute Gasteiger partial charge is 0.416 e. The molecule has 0 bridgehead atoms. The Kier molecular flexibility index (Phi) is 5.53. The molecule has 9 heteroatoms. The lowest BCUT2D eigenvalue weighted by Gasteiger charge is -2.45. The second kappa shape index (κ2) is 7.27. The lowest BCUT2D eigenvalue weighted by atomic mass is 9.76. The average Bonchev–Trinajstić information content (AvgIpc) is 2.65. The Balaban J connectivity index is 1.76. The van der Waals surface area contributed by atoms with Crippen molar-refractivity contribution in [3.05, 3.63) is 29.8 Å². The van der Waals surface area contributed by atoms with E-state index in [2.05, 4.69) is 0 Å². The first kappa shape index (κ1) is 22.1. The minimum absolute atomic E-state index is 0.0826. The quantitative estimate of drug-likeness (QED) is 0.791. The molecule has 0 unspecified atom stereocenters. The average molecular weight is 433 g/mol. The van der Waals surface area contributed by atoms with E-state index in [-0.39, 0.29) is 16.7 Å². The number of carbonyl (C=O) groups is 1. The molecule has 1 amide bonds. The Labute approximate surface area is 169 Å². The monoisotopic (exact) mass is 432 g/mol. The van der Waals surface area contributed by atoms with Gasteiger partial charge in [0.25, 0.3) is 0 Å². The van der Waals surface area contributed by atoms with E-state index in [1.54, 1.807) is 18.7 Å². The molecule has 1 aromatic rings. The number of hydrogen-bond acceptors (Lipinski definition) is 4. The van der Waals surface area contributed by atoms with Crippen LogP contribution < -0.4 is 5.73 Å². The van der Waals surface area contributed by atoms with Crippen LogP contribution in [0.2, 0.25) is 0 Å². The highest BCUT2D eigenvalue weighted by Crippen LogP contribution is 2.40. The van der Waals surface area contributed by atoms with Gasteiger partial charge in [-0.15, -0.1) is 0 Å². The third kappa shape index (κ3) is 3.91. The molecule has 0 aromatic heterocycles. The van der Waals surface area contributed by atoms with Crippen molar-refractivity contribution >= 4 is 15.7 Å². The van der Waals surface area contributed by atoms with Gasteiger partial charge in [-0.05, 0) is 70.1 Å². The van der Waals surface area contributed by atoms with Gasteiger partial charge in [-0.25, -0.2) is 8.42 Å². The van der Waals surface area contributed by atoms with Gasteiger partial charge in [-0.2, -0.15) is 13.2 Å². The van der Waals surface area contributed by atoms with Gasteiger partial charge >= 0.3 is 6.18 Å². The van der Waals surface area contributed by atoms with Crippen LogP contribution in [-0.2, 0) is 20.8 Å². The minimum atomic E-state index is -4.61. The first-order valence-electron chi connectivity index (χ1n) is 9.79. The molecular formula is C20H27F3N2O3S. The summed E-state index contributed by atoms with van der Waals surface area (Å²) in [5, 5.41) is 0. The van der Waals surface area contributed by atoms with Crippen molar-refractivity contribution in [3.8, 4) is 0 Å². The van der Waals surface area contributed by atoms with E-state index in [1.165, 1.54) is 6.07 Å². The molecule has 1 saturated carbocycles. The summed E-state index contributed by atoms with van der Waals surface area (Å²) in [6.45, 7) is 3.93. The number of hydrogen-bond donors (Lipinski definition) is 1. The van der Waals surface area contributed by atoms with Crippen molar-refractivity contribution in [1.82, 2.24) is 4.90 Å². The molecule has 3 rings (SSSR count). The molecule has 0 radical (unpaired) electrons. The Bertz CT molecular complexity index is 884. The van der Waals surface area contributed by atoms with Crippen LogP contribution in [0.1, 0.15) is 51.5 Å².